The Balaban J connectivity index is 1.71. The van der Waals surface area contributed by atoms with Gasteiger partial charge in [0.15, 0.2) is 0 Å². The summed E-state index contributed by atoms with van der Waals surface area (Å²) < 4.78 is 34.3. The van der Waals surface area contributed by atoms with Crippen molar-refractivity contribution in [3.05, 3.63) is 90.0 Å². The predicted molar refractivity (Wildman–Crippen MR) is 160 cm³/mol. The number of sulfonamides is 1. The van der Waals surface area contributed by atoms with Gasteiger partial charge in [0.25, 0.3) is 10.0 Å². The van der Waals surface area contributed by atoms with Crippen LogP contribution in [0.25, 0.3) is 0 Å². The van der Waals surface area contributed by atoms with Crippen LogP contribution in [0, 0.1) is 6.92 Å². The zero-order chi connectivity index (χ0) is 29.4. The SMILES string of the molecule is CC[C@@H](C(=O)NC1CCCC1)N(Cc1ccc(C)cc1)C(=O)CN(c1cccc(OC)c1)S(=O)(=O)c1ccccc1. The van der Waals surface area contributed by atoms with Crippen molar-refractivity contribution in [3.63, 3.8) is 0 Å². The molecule has 1 aliphatic rings. The standard InChI is InChI=1S/C32H39N3O5S/c1-4-30(32(37)33-26-11-8-9-12-26)34(22-25-19-17-24(2)18-20-25)31(36)23-35(27-13-10-14-28(21-27)40-3)41(38,39)29-15-6-5-7-16-29/h5-7,10,13-21,26,30H,4,8-9,11-12,22-23H2,1-3H3,(H,33,37)/t30-/m0/s1. The zero-order valence-electron chi connectivity index (χ0n) is 24.0. The largest absolute Gasteiger partial charge is 0.497 e. The van der Waals surface area contributed by atoms with Crippen LogP contribution in [-0.2, 0) is 26.2 Å². The molecule has 1 saturated carbocycles. The van der Waals surface area contributed by atoms with Gasteiger partial charge >= 0.3 is 0 Å². The third kappa shape index (κ3) is 7.47. The fraction of sp³-hybridized carbons (Fsp3) is 0.375. The lowest BCUT2D eigenvalue weighted by Gasteiger charge is -2.34. The maximum Gasteiger partial charge on any atom is 0.264 e. The molecule has 0 radical (unpaired) electrons. The fourth-order valence-electron chi connectivity index (χ4n) is 5.19. The van der Waals surface area contributed by atoms with Crippen LogP contribution in [0.1, 0.15) is 50.2 Å². The number of amides is 2. The van der Waals surface area contributed by atoms with E-state index in [4.69, 9.17) is 4.74 Å². The van der Waals surface area contributed by atoms with Crippen LogP contribution in [0.2, 0.25) is 0 Å². The summed E-state index contributed by atoms with van der Waals surface area (Å²) in [7, 11) is -2.63. The van der Waals surface area contributed by atoms with E-state index in [9.17, 15) is 18.0 Å². The number of rotatable bonds is 12. The summed E-state index contributed by atoms with van der Waals surface area (Å²) in [4.78, 5) is 29.3. The molecule has 0 saturated heterocycles. The first-order chi connectivity index (χ1) is 19.7. The van der Waals surface area contributed by atoms with Crippen LogP contribution in [0.15, 0.2) is 83.8 Å². The average molecular weight is 578 g/mol. The Kier molecular flexibility index (Phi) is 10.0. The Bertz CT molecular complexity index is 1420. The second-order valence-electron chi connectivity index (χ2n) is 10.4. The highest BCUT2D eigenvalue weighted by atomic mass is 32.2. The molecule has 2 amide bonds. The molecule has 3 aromatic carbocycles. The number of methoxy groups -OCH3 is 1. The number of carbonyl (C=O) groups excluding carboxylic acids is 2. The second-order valence-corrected chi connectivity index (χ2v) is 12.3. The van der Waals surface area contributed by atoms with Crippen LogP contribution >= 0.6 is 0 Å². The van der Waals surface area contributed by atoms with E-state index < -0.39 is 28.5 Å². The van der Waals surface area contributed by atoms with Gasteiger partial charge < -0.3 is 15.0 Å². The predicted octanol–water partition coefficient (Wildman–Crippen LogP) is 5.07. The van der Waals surface area contributed by atoms with E-state index in [0.717, 1.165) is 41.1 Å². The number of carbonyl (C=O) groups is 2. The molecule has 0 spiro atoms. The van der Waals surface area contributed by atoms with E-state index in [0.29, 0.717) is 17.9 Å². The van der Waals surface area contributed by atoms with Crippen LogP contribution in [0.4, 0.5) is 5.69 Å². The lowest BCUT2D eigenvalue weighted by Crippen LogP contribution is -2.53. The van der Waals surface area contributed by atoms with Crippen LogP contribution in [-0.4, -0.2) is 50.9 Å². The molecule has 1 N–H and O–H groups in total. The van der Waals surface area contributed by atoms with Crippen molar-refractivity contribution in [2.24, 2.45) is 0 Å². The number of benzene rings is 3. The molecule has 8 nitrogen and oxygen atoms in total. The lowest BCUT2D eigenvalue weighted by atomic mass is 10.1. The first-order valence-corrected chi connectivity index (χ1v) is 15.5. The first-order valence-electron chi connectivity index (χ1n) is 14.1. The van der Waals surface area contributed by atoms with Crippen LogP contribution < -0.4 is 14.4 Å². The molecule has 1 fully saturated rings. The van der Waals surface area contributed by atoms with E-state index in [1.54, 1.807) is 42.5 Å². The molecule has 0 unspecified atom stereocenters. The summed E-state index contributed by atoms with van der Waals surface area (Å²) in [5.41, 5.74) is 2.23. The Morgan fingerprint density at radius 3 is 2.29 bits per heavy atom. The Morgan fingerprint density at radius 1 is 0.976 bits per heavy atom. The van der Waals surface area contributed by atoms with Gasteiger partial charge in [-0.25, -0.2) is 8.42 Å². The van der Waals surface area contributed by atoms with E-state index >= 15 is 0 Å². The summed E-state index contributed by atoms with van der Waals surface area (Å²) in [6.45, 7) is 3.54. The molecular weight excluding hydrogens is 538 g/mol. The monoisotopic (exact) mass is 577 g/mol. The van der Waals surface area contributed by atoms with Crippen molar-refractivity contribution in [2.75, 3.05) is 18.0 Å². The molecular formula is C32H39N3O5S. The van der Waals surface area contributed by atoms with E-state index in [1.807, 2.05) is 38.1 Å². The molecule has 0 bridgehead atoms. The molecule has 4 rings (SSSR count). The normalized spacial score (nSPS) is 14.3. The van der Waals surface area contributed by atoms with E-state index in [2.05, 4.69) is 5.32 Å². The number of aryl methyl sites for hydroxylation is 1. The number of nitrogens with zero attached hydrogens (tertiary/aromatic N) is 2. The van der Waals surface area contributed by atoms with Crippen LogP contribution in [0.3, 0.4) is 0 Å². The molecule has 41 heavy (non-hydrogen) atoms. The topological polar surface area (TPSA) is 96.0 Å². The van der Waals surface area contributed by atoms with Gasteiger partial charge in [-0.2, -0.15) is 0 Å². The third-order valence-electron chi connectivity index (χ3n) is 7.51. The molecule has 0 heterocycles. The summed E-state index contributed by atoms with van der Waals surface area (Å²) in [6, 6.07) is 21.7. The number of hydrogen-bond acceptors (Lipinski definition) is 5. The zero-order valence-corrected chi connectivity index (χ0v) is 24.8. The molecule has 9 heteroatoms. The smallest absolute Gasteiger partial charge is 0.264 e. The van der Waals surface area contributed by atoms with Gasteiger partial charge in [-0.15, -0.1) is 0 Å². The first kappa shape index (κ1) is 30.1. The Labute approximate surface area is 243 Å². The highest BCUT2D eigenvalue weighted by Gasteiger charge is 2.34. The highest BCUT2D eigenvalue weighted by Crippen LogP contribution is 2.28. The summed E-state index contributed by atoms with van der Waals surface area (Å²) in [5.74, 6) is -0.220. The summed E-state index contributed by atoms with van der Waals surface area (Å²) >= 11 is 0. The van der Waals surface area contributed by atoms with Crippen LogP contribution in [0.5, 0.6) is 5.75 Å². The van der Waals surface area contributed by atoms with Gasteiger partial charge in [0.2, 0.25) is 11.8 Å². The highest BCUT2D eigenvalue weighted by molar-refractivity contribution is 7.92. The van der Waals surface area contributed by atoms with Crippen molar-refractivity contribution >= 4 is 27.5 Å². The molecule has 0 aliphatic heterocycles. The van der Waals surface area contributed by atoms with E-state index in [-0.39, 0.29) is 23.4 Å². The third-order valence-corrected chi connectivity index (χ3v) is 9.30. The quantitative estimate of drug-likeness (QED) is 0.325. The minimum Gasteiger partial charge on any atom is -0.497 e. The van der Waals surface area contributed by atoms with E-state index in [1.165, 1.54) is 24.1 Å². The number of ether oxygens (including phenoxy) is 1. The number of nitrogens with one attached hydrogen (secondary N) is 1. The molecule has 3 aromatic rings. The molecule has 1 aliphatic carbocycles. The van der Waals surface area contributed by atoms with Gasteiger partial charge in [0.05, 0.1) is 17.7 Å². The van der Waals surface area contributed by atoms with Gasteiger partial charge in [-0.3, -0.25) is 13.9 Å². The maximum atomic E-state index is 14.2. The summed E-state index contributed by atoms with van der Waals surface area (Å²) in [5, 5.41) is 3.14. The molecule has 1 atom stereocenters. The minimum atomic E-state index is -4.13. The van der Waals surface area contributed by atoms with Crippen molar-refractivity contribution in [1.82, 2.24) is 10.2 Å². The van der Waals surface area contributed by atoms with Crippen molar-refractivity contribution in [3.8, 4) is 5.75 Å². The Morgan fingerprint density at radius 2 is 1.66 bits per heavy atom. The van der Waals surface area contributed by atoms with Crippen molar-refractivity contribution in [2.45, 2.75) is 69.5 Å². The Hall–Kier alpha value is -3.85. The minimum absolute atomic E-state index is 0.0618. The van der Waals surface area contributed by atoms with Crippen molar-refractivity contribution < 1.29 is 22.7 Å². The molecule has 0 aromatic heterocycles. The van der Waals surface area contributed by atoms with Gasteiger partial charge in [0.1, 0.15) is 18.3 Å². The maximum absolute atomic E-state index is 14.2. The van der Waals surface area contributed by atoms with Gasteiger partial charge in [-0.1, -0.05) is 73.9 Å². The number of anilines is 1. The fourth-order valence-corrected chi connectivity index (χ4v) is 6.62. The van der Waals surface area contributed by atoms with Gasteiger partial charge in [0, 0.05) is 18.7 Å². The van der Waals surface area contributed by atoms with Crippen molar-refractivity contribution in [1.29, 1.82) is 0 Å². The van der Waals surface area contributed by atoms with Gasteiger partial charge in [-0.05, 0) is 56.0 Å². The molecule has 218 valence electrons. The second kappa shape index (κ2) is 13.7. The average Bonchev–Trinajstić information content (AvgIpc) is 3.50. The summed E-state index contributed by atoms with van der Waals surface area (Å²) in [6.07, 6.45) is 4.38. The number of hydrogen-bond donors (Lipinski definition) is 1. The lowest BCUT2D eigenvalue weighted by molar-refractivity contribution is -0.140.